The van der Waals surface area contributed by atoms with Crippen LogP contribution >= 0.6 is 0 Å². The Morgan fingerprint density at radius 3 is 2.80 bits per heavy atom. The number of hydrogen-bond donors (Lipinski definition) is 1. The summed E-state index contributed by atoms with van der Waals surface area (Å²) in [6.45, 7) is 4.02. The number of sulfone groups is 1. The lowest BCUT2D eigenvalue weighted by Crippen LogP contribution is -2.23. The normalized spacial score (nSPS) is 17.3. The van der Waals surface area contributed by atoms with Gasteiger partial charge in [0.15, 0.2) is 0 Å². The molecule has 2 rings (SSSR count). The smallest absolute Gasteiger partial charge is 0.147 e. The summed E-state index contributed by atoms with van der Waals surface area (Å²) in [5, 5.41) is 3.63. The molecule has 0 bridgehead atoms. The predicted octanol–water partition coefficient (Wildman–Crippen LogP) is 2.37. The van der Waals surface area contributed by atoms with Crippen LogP contribution in [0.25, 0.3) is 0 Å². The third-order valence-electron chi connectivity index (χ3n) is 3.77. The van der Waals surface area contributed by atoms with Crippen LogP contribution in [-0.2, 0) is 16.4 Å². The Balaban J connectivity index is 1.89. The summed E-state index contributed by atoms with van der Waals surface area (Å²) < 4.78 is 24.4. The summed E-state index contributed by atoms with van der Waals surface area (Å²) in [4.78, 5) is 0. The van der Waals surface area contributed by atoms with Crippen molar-refractivity contribution in [3.63, 3.8) is 0 Å². The van der Waals surface area contributed by atoms with Crippen LogP contribution in [0, 0.1) is 5.92 Å². The average Bonchev–Trinajstić information content (AvgIpc) is 3.09. The number of aromatic nitrogens is 1. The Bertz CT molecular complexity index is 518. The lowest BCUT2D eigenvalue weighted by molar-refractivity contribution is 0.480. The number of aryl methyl sites for hydroxylation is 1. The summed E-state index contributed by atoms with van der Waals surface area (Å²) in [5.41, 5.74) is 1.35. The van der Waals surface area contributed by atoms with E-state index >= 15 is 0 Å². The second kappa shape index (κ2) is 6.76. The highest BCUT2D eigenvalue weighted by atomic mass is 32.2. The maximum Gasteiger partial charge on any atom is 0.147 e. The van der Waals surface area contributed by atoms with E-state index < -0.39 is 9.84 Å². The lowest BCUT2D eigenvalue weighted by atomic mass is 10.1. The van der Waals surface area contributed by atoms with Gasteiger partial charge in [-0.2, -0.15) is 0 Å². The first kappa shape index (κ1) is 15.6. The zero-order chi connectivity index (χ0) is 14.6. The van der Waals surface area contributed by atoms with E-state index in [1.165, 1.54) is 24.7 Å². The van der Waals surface area contributed by atoms with Gasteiger partial charge < -0.3 is 9.88 Å². The fourth-order valence-corrected chi connectivity index (χ4v) is 3.23. The molecule has 1 heterocycles. The largest absolute Gasteiger partial charge is 0.354 e. The molecule has 1 saturated carbocycles. The second-order valence-electron chi connectivity index (χ2n) is 5.94. The van der Waals surface area contributed by atoms with Gasteiger partial charge in [0.25, 0.3) is 0 Å². The van der Waals surface area contributed by atoms with Gasteiger partial charge in [0.2, 0.25) is 0 Å². The first-order valence-electron chi connectivity index (χ1n) is 7.56. The summed E-state index contributed by atoms with van der Waals surface area (Å²) in [5.74, 6) is 1.05. The van der Waals surface area contributed by atoms with Gasteiger partial charge in [0.1, 0.15) is 9.84 Å². The molecule has 1 aromatic rings. The van der Waals surface area contributed by atoms with Crippen LogP contribution in [-0.4, -0.2) is 31.5 Å². The highest BCUT2D eigenvalue weighted by Crippen LogP contribution is 2.41. The van der Waals surface area contributed by atoms with Crippen molar-refractivity contribution in [1.82, 2.24) is 9.88 Å². The van der Waals surface area contributed by atoms with Gasteiger partial charge in [-0.3, -0.25) is 0 Å². The molecule has 0 radical (unpaired) electrons. The molecular weight excluding hydrogens is 272 g/mol. The minimum Gasteiger partial charge on any atom is -0.354 e. The van der Waals surface area contributed by atoms with Crippen LogP contribution in [0.3, 0.4) is 0 Å². The number of hydrogen-bond acceptors (Lipinski definition) is 3. The van der Waals surface area contributed by atoms with Gasteiger partial charge in [0, 0.05) is 31.2 Å². The Labute approximate surface area is 122 Å². The van der Waals surface area contributed by atoms with Gasteiger partial charge in [-0.1, -0.05) is 6.92 Å². The fraction of sp³-hybridized carbons (Fsp3) is 0.733. The maximum absolute atomic E-state index is 11.1. The molecule has 5 heteroatoms. The first-order chi connectivity index (χ1) is 9.49. The van der Waals surface area contributed by atoms with Crippen LogP contribution in [0.1, 0.15) is 44.2 Å². The van der Waals surface area contributed by atoms with Crippen molar-refractivity contribution >= 4 is 9.84 Å². The van der Waals surface area contributed by atoms with Gasteiger partial charge in [-0.25, -0.2) is 8.42 Å². The SMILES string of the molecule is CCCNC(c1ccn(CCCS(C)(=O)=O)c1)C1CC1. The quantitative estimate of drug-likeness (QED) is 0.761. The predicted molar refractivity (Wildman–Crippen MR) is 82.5 cm³/mol. The molecule has 1 aromatic heterocycles. The van der Waals surface area contributed by atoms with Crippen molar-refractivity contribution < 1.29 is 8.42 Å². The third kappa shape index (κ3) is 4.94. The van der Waals surface area contributed by atoms with E-state index in [1.54, 1.807) is 0 Å². The van der Waals surface area contributed by atoms with Crippen molar-refractivity contribution in [2.45, 2.75) is 45.2 Å². The van der Waals surface area contributed by atoms with Crippen molar-refractivity contribution in [3.05, 3.63) is 24.0 Å². The van der Waals surface area contributed by atoms with Crippen molar-refractivity contribution in [2.24, 2.45) is 5.92 Å². The molecule has 1 N–H and O–H groups in total. The molecule has 0 aliphatic heterocycles. The van der Waals surface area contributed by atoms with Crippen molar-refractivity contribution in [3.8, 4) is 0 Å². The van der Waals surface area contributed by atoms with Crippen LogP contribution in [0.15, 0.2) is 18.5 Å². The van der Waals surface area contributed by atoms with Gasteiger partial charge in [0.05, 0.1) is 5.75 Å². The molecule has 1 aliphatic rings. The number of nitrogens with one attached hydrogen (secondary N) is 1. The third-order valence-corrected chi connectivity index (χ3v) is 4.80. The Hall–Kier alpha value is -0.810. The van der Waals surface area contributed by atoms with Crippen LogP contribution in [0.5, 0.6) is 0 Å². The van der Waals surface area contributed by atoms with Crippen LogP contribution < -0.4 is 5.32 Å². The fourth-order valence-electron chi connectivity index (χ4n) is 2.58. The van der Waals surface area contributed by atoms with E-state index in [1.807, 2.05) is 0 Å². The molecule has 1 fully saturated rings. The van der Waals surface area contributed by atoms with E-state index in [0.29, 0.717) is 12.5 Å². The summed E-state index contributed by atoms with van der Waals surface area (Å²) in [7, 11) is -2.84. The van der Waals surface area contributed by atoms with E-state index in [2.05, 4.69) is 35.3 Å². The Kier molecular flexibility index (Phi) is 5.27. The van der Waals surface area contributed by atoms with E-state index in [0.717, 1.165) is 25.4 Å². The topological polar surface area (TPSA) is 51.1 Å². The maximum atomic E-state index is 11.1. The molecule has 4 nitrogen and oxygen atoms in total. The minimum absolute atomic E-state index is 0.265. The van der Waals surface area contributed by atoms with Crippen LogP contribution in [0.2, 0.25) is 0 Å². The second-order valence-corrected chi connectivity index (χ2v) is 8.20. The molecular formula is C15H26N2O2S. The highest BCUT2D eigenvalue weighted by molar-refractivity contribution is 7.90. The average molecular weight is 298 g/mol. The van der Waals surface area contributed by atoms with Gasteiger partial charge in [-0.15, -0.1) is 0 Å². The standard InChI is InChI=1S/C15H26N2O2S/c1-3-8-16-15(13-5-6-13)14-7-10-17(12-14)9-4-11-20(2,18)19/h7,10,12-13,15-16H,3-6,8-9,11H2,1-2H3. The number of rotatable bonds is 9. The summed E-state index contributed by atoms with van der Waals surface area (Å²) in [6, 6.07) is 2.65. The van der Waals surface area contributed by atoms with Gasteiger partial charge >= 0.3 is 0 Å². The zero-order valence-electron chi connectivity index (χ0n) is 12.5. The Morgan fingerprint density at radius 1 is 1.45 bits per heavy atom. The van der Waals surface area contributed by atoms with E-state index in [-0.39, 0.29) is 5.75 Å². The highest BCUT2D eigenvalue weighted by Gasteiger charge is 2.32. The zero-order valence-corrected chi connectivity index (χ0v) is 13.3. The molecule has 1 aliphatic carbocycles. The Morgan fingerprint density at radius 2 is 2.20 bits per heavy atom. The van der Waals surface area contributed by atoms with E-state index in [4.69, 9.17) is 0 Å². The van der Waals surface area contributed by atoms with Crippen LogP contribution in [0.4, 0.5) is 0 Å². The van der Waals surface area contributed by atoms with E-state index in [9.17, 15) is 8.42 Å². The molecule has 0 saturated heterocycles. The lowest BCUT2D eigenvalue weighted by Gasteiger charge is -2.16. The van der Waals surface area contributed by atoms with Crippen molar-refractivity contribution in [1.29, 1.82) is 0 Å². The monoisotopic (exact) mass is 298 g/mol. The molecule has 1 atom stereocenters. The molecule has 0 spiro atoms. The molecule has 0 amide bonds. The van der Waals surface area contributed by atoms with Crippen molar-refractivity contribution in [2.75, 3.05) is 18.6 Å². The van der Waals surface area contributed by atoms with Gasteiger partial charge in [-0.05, 0) is 49.8 Å². The first-order valence-corrected chi connectivity index (χ1v) is 9.62. The molecule has 1 unspecified atom stereocenters. The molecule has 0 aromatic carbocycles. The minimum atomic E-state index is -2.84. The summed E-state index contributed by atoms with van der Waals surface area (Å²) in [6.07, 6.45) is 10.0. The molecule has 114 valence electrons. The number of nitrogens with zero attached hydrogens (tertiary/aromatic N) is 1. The molecule has 20 heavy (non-hydrogen) atoms. The summed E-state index contributed by atoms with van der Waals surface area (Å²) >= 11 is 0.